The van der Waals surface area contributed by atoms with Crippen LogP contribution in [0.15, 0.2) is 59.1 Å². The summed E-state index contributed by atoms with van der Waals surface area (Å²) in [5.74, 6) is 2.86. The standard InChI is InChI=1S/C23H23N3O4/c1-28-18-7-9-19(10-8-18)29-15-20-24-21(25-30-20)16-13-26(14-16)22(27)23(11-12-23)17-5-3-2-4-6-17/h2-10,16H,11-15H2,1H3. The van der Waals surface area contributed by atoms with Crippen LogP contribution in [0.1, 0.15) is 36.0 Å². The number of likely N-dealkylation sites (tertiary alicyclic amines) is 1. The fourth-order valence-electron chi connectivity index (χ4n) is 3.93. The van der Waals surface area contributed by atoms with Crippen LogP contribution < -0.4 is 9.47 Å². The molecule has 0 unspecified atom stereocenters. The first kappa shape index (κ1) is 18.7. The van der Waals surface area contributed by atoms with E-state index >= 15 is 0 Å². The van der Waals surface area contributed by atoms with Crippen molar-refractivity contribution in [3.63, 3.8) is 0 Å². The van der Waals surface area contributed by atoms with Crippen molar-refractivity contribution in [2.45, 2.75) is 30.8 Å². The van der Waals surface area contributed by atoms with Crippen molar-refractivity contribution >= 4 is 5.91 Å². The summed E-state index contributed by atoms with van der Waals surface area (Å²) in [5.41, 5.74) is 0.803. The first-order chi connectivity index (χ1) is 14.7. The molecule has 2 heterocycles. The number of rotatable bonds is 7. The van der Waals surface area contributed by atoms with Gasteiger partial charge in [-0.05, 0) is 42.7 Å². The summed E-state index contributed by atoms with van der Waals surface area (Å²) in [6.45, 7) is 1.46. The van der Waals surface area contributed by atoms with Gasteiger partial charge in [0.1, 0.15) is 11.5 Å². The second-order valence-corrected chi connectivity index (χ2v) is 7.87. The second-order valence-electron chi connectivity index (χ2n) is 7.87. The number of hydrogen-bond donors (Lipinski definition) is 0. The Morgan fingerprint density at radius 1 is 1.10 bits per heavy atom. The molecule has 1 amide bonds. The van der Waals surface area contributed by atoms with E-state index in [0.717, 1.165) is 24.2 Å². The van der Waals surface area contributed by atoms with E-state index < -0.39 is 0 Å². The van der Waals surface area contributed by atoms with Crippen LogP contribution in [0.4, 0.5) is 0 Å². The summed E-state index contributed by atoms with van der Waals surface area (Å²) in [6, 6.07) is 17.4. The summed E-state index contributed by atoms with van der Waals surface area (Å²) >= 11 is 0. The molecule has 1 saturated carbocycles. The minimum absolute atomic E-state index is 0.110. The lowest BCUT2D eigenvalue weighted by Crippen LogP contribution is -2.52. The maximum absolute atomic E-state index is 13.0. The Kier molecular flexibility index (Phi) is 4.65. The Labute approximate surface area is 174 Å². The average Bonchev–Trinajstić information content (AvgIpc) is 3.45. The van der Waals surface area contributed by atoms with Gasteiger partial charge >= 0.3 is 0 Å². The van der Waals surface area contributed by atoms with Crippen molar-refractivity contribution in [1.82, 2.24) is 15.0 Å². The van der Waals surface area contributed by atoms with Gasteiger partial charge in [-0.1, -0.05) is 35.5 Å². The molecule has 0 N–H and O–H groups in total. The summed E-state index contributed by atoms with van der Waals surface area (Å²) < 4.78 is 16.1. The van der Waals surface area contributed by atoms with Crippen LogP contribution in [-0.4, -0.2) is 41.1 Å². The summed E-state index contributed by atoms with van der Waals surface area (Å²) in [6.07, 6.45) is 1.85. The Bertz CT molecular complexity index is 1020. The minimum atomic E-state index is -0.319. The number of methoxy groups -OCH3 is 1. The normalized spacial score (nSPS) is 17.3. The van der Waals surface area contributed by atoms with E-state index in [1.54, 1.807) is 7.11 Å². The van der Waals surface area contributed by atoms with Gasteiger partial charge in [-0.3, -0.25) is 4.79 Å². The first-order valence-corrected chi connectivity index (χ1v) is 10.1. The molecule has 0 spiro atoms. The minimum Gasteiger partial charge on any atom is -0.497 e. The molecule has 1 aliphatic carbocycles. The van der Waals surface area contributed by atoms with Crippen molar-refractivity contribution in [2.24, 2.45) is 0 Å². The molecular formula is C23H23N3O4. The Hall–Kier alpha value is -3.35. The molecule has 1 aromatic heterocycles. The number of carbonyl (C=O) groups excluding carboxylic acids is 1. The molecule has 0 radical (unpaired) electrons. The molecule has 7 nitrogen and oxygen atoms in total. The highest BCUT2D eigenvalue weighted by Crippen LogP contribution is 2.50. The highest BCUT2D eigenvalue weighted by atomic mass is 16.5. The van der Waals surface area contributed by atoms with Crippen molar-refractivity contribution < 1.29 is 18.8 Å². The number of carbonyl (C=O) groups is 1. The molecule has 1 saturated heterocycles. The van der Waals surface area contributed by atoms with Gasteiger partial charge in [0.2, 0.25) is 5.91 Å². The summed E-state index contributed by atoms with van der Waals surface area (Å²) in [7, 11) is 1.62. The zero-order valence-electron chi connectivity index (χ0n) is 16.8. The van der Waals surface area contributed by atoms with Crippen LogP contribution in [0.2, 0.25) is 0 Å². The SMILES string of the molecule is COc1ccc(OCc2nc(C3CN(C(=O)C4(c5ccccc5)CC4)C3)no2)cc1. The molecule has 7 heteroatoms. The predicted octanol–water partition coefficient (Wildman–Crippen LogP) is 3.31. The number of nitrogens with zero attached hydrogens (tertiary/aromatic N) is 3. The third-order valence-corrected chi connectivity index (χ3v) is 5.93. The fourth-order valence-corrected chi connectivity index (χ4v) is 3.93. The van der Waals surface area contributed by atoms with Gasteiger partial charge < -0.3 is 18.9 Å². The number of ether oxygens (including phenoxy) is 2. The molecule has 30 heavy (non-hydrogen) atoms. The quantitative estimate of drug-likeness (QED) is 0.600. The number of amides is 1. The molecule has 2 aliphatic rings. The molecule has 154 valence electrons. The lowest BCUT2D eigenvalue weighted by atomic mass is 9.90. The maximum Gasteiger partial charge on any atom is 0.264 e. The molecule has 2 aromatic carbocycles. The summed E-state index contributed by atoms with van der Waals surface area (Å²) in [4.78, 5) is 19.4. The Morgan fingerprint density at radius 2 is 1.80 bits per heavy atom. The predicted molar refractivity (Wildman–Crippen MR) is 108 cm³/mol. The van der Waals surface area contributed by atoms with Gasteiger partial charge in [0.05, 0.1) is 18.4 Å². The van der Waals surface area contributed by atoms with Crippen molar-refractivity contribution in [3.05, 3.63) is 71.9 Å². The molecule has 0 bridgehead atoms. The topological polar surface area (TPSA) is 77.7 Å². The zero-order chi connectivity index (χ0) is 20.6. The van der Waals surface area contributed by atoms with Gasteiger partial charge in [0, 0.05) is 13.1 Å². The molecular weight excluding hydrogens is 382 g/mol. The molecule has 5 rings (SSSR count). The van der Waals surface area contributed by atoms with Crippen LogP contribution in [0, 0.1) is 0 Å². The largest absolute Gasteiger partial charge is 0.497 e. The van der Waals surface area contributed by atoms with Gasteiger partial charge in [0.25, 0.3) is 5.89 Å². The lowest BCUT2D eigenvalue weighted by Gasteiger charge is -2.39. The van der Waals surface area contributed by atoms with E-state index in [1.165, 1.54) is 0 Å². The highest BCUT2D eigenvalue weighted by Gasteiger charge is 2.55. The van der Waals surface area contributed by atoms with Gasteiger partial charge in [-0.2, -0.15) is 4.98 Å². The van der Waals surface area contributed by atoms with Crippen molar-refractivity contribution in [1.29, 1.82) is 0 Å². The number of aromatic nitrogens is 2. The Morgan fingerprint density at radius 3 is 2.47 bits per heavy atom. The van der Waals surface area contributed by atoms with Crippen LogP contribution in [0.5, 0.6) is 11.5 Å². The van der Waals surface area contributed by atoms with Crippen molar-refractivity contribution in [3.8, 4) is 11.5 Å². The fraction of sp³-hybridized carbons (Fsp3) is 0.348. The van der Waals surface area contributed by atoms with Gasteiger partial charge in [-0.15, -0.1) is 0 Å². The smallest absolute Gasteiger partial charge is 0.264 e. The van der Waals surface area contributed by atoms with E-state index in [4.69, 9.17) is 14.0 Å². The zero-order valence-corrected chi connectivity index (χ0v) is 16.8. The maximum atomic E-state index is 13.0. The van der Waals surface area contributed by atoms with Crippen LogP contribution >= 0.6 is 0 Å². The van der Waals surface area contributed by atoms with E-state index in [1.807, 2.05) is 47.4 Å². The van der Waals surface area contributed by atoms with Gasteiger partial charge in [0.15, 0.2) is 12.4 Å². The monoisotopic (exact) mass is 405 g/mol. The lowest BCUT2D eigenvalue weighted by molar-refractivity contribution is -0.138. The van der Waals surface area contributed by atoms with E-state index in [9.17, 15) is 4.79 Å². The number of benzene rings is 2. The first-order valence-electron chi connectivity index (χ1n) is 10.1. The Balaban J connectivity index is 1.15. The summed E-state index contributed by atoms with van der Waals surface area (Å²) in [5, 5.41) is 4.08. The molecule has 3 aromatic rings. The highest BCUT2D eigenvalue weighted by molar-refractivity contribution is 5.92. The van der Waals surface area contributed by atoms with Gasteiger partial charge in [-0.25, -0.2) is 0 Å². The van der Waals surface area contributed by atoms with Crippen LogP contribution in [0.25, 0.3) is 0 Å². The average molecular weight is 405 g/mol. The van der Waals surface area contributed by atoms with Crippen LogP contribution in [0.3, 0.4) is 0 Å². The van der Waals surface area contributed by atoms with E-state index in [0.29, 0.717) is 30.6 Å². The molecule has 0 atom stereocenters. The number of hydrogen-bond acceptors (Lipinski definition) is 6. The third kappa shape index (κ3) is 3.40. The second kappa shape index (κ2) is 7.48. The van der Waals surface area contributed by atoms with Crippen LogP contribution in [-0.2, 0) is 16.8 Å². The van der Waals surface area contributed by atoms with E-state index in [-0.39, 0.29) is 23.8 Å². The molecule has 2 fully saturated rings. The third-order valence-electron chi connectivity index (χ3n) is 5.93. The van der Waals surface area contributed by atoms with Crippen molar-refractivity contribution in [2.75, 3.05) is 20.2 Å². The van der Waals surface area contributed by atoms with E-state index in [2.05, 4.69) is 22.3 Å². The molecule has 1 aliphatic heterocycles.